The fraction of sp³-hybridized carbons (Fsp3) is 0.462. The third-order valence-electron chi connectivity index (χ3n) is 2.96. The van der Waals surface area contributed by atoms with Crippen molar-refractivity contribution in [3.63, 3.8) is 0 Å². The number of hydrogen-bond acceptors (Lipinski definition) is 5. The maximum Gasteiger partial charge on any atom is 0.235 e. The number of carbonyl (C=O) groups is 1. The molecule has 7 nitrogen and oxygen atoms in total. The van der Waals surface area contributed by atoms with Crippen LogP contribution in [0.4, 0.5) is 5.82 Å². The molecule has 0 aromatic carbocycles. The highest BCUT2D eigenvalue weighted by Crippen LogP contribution is 2.18. The van der Waals surface area contributed by atoms with Crippen LogP contribution in [-0.2, 0) is 18.4 Å². The number of aliphatic hydroxyl groups excluding tert-OH is 1. The summed E-state index contributed by atoms with van der Waals surface area (Å²) in [6.07, 6.45) is 3.27. The number of aliphatic hydroxyl groups is 1. The lowest BCUT2D eigenvalue weighted by Gasteiger charge is -2.11. The van der Waals surface area contributed by atoms with Gasteiger partial charge in [-0.05, 0) is 13.8 Å². The largest absolute Gasteiger partial charge is 0.390 e. The first-order valence-electron chi connectivity index (χ1n) is 6.60. The molecule has 1 amide bonds. The van der Waals surface area contributed by atoms with Gasteiger partial charge in [0.25, 0.3) is 0 Å². The van der Waals surface area contributed by atoms with Crippen LogP contribution in [0.25, 0.3) is 0 Å². The van der Waals surface area contributed by atoms with Gasteiger partial charge in [0.05, 0.1) is 30.4 Å². The Labute approximate surface area is 127 Å². The second-order valence-electron chi connectivity index (χ2n) is 4.84. The number of hydrogen-bond donors (Lipinski definition) is 2. The van der Waals surface area contributed by atoms with E-state index in [0.29, 0.717) is 11.0 Å². The summed E-state index contributed by atoms with van der Waals surface area (Å²) in [5.74, 6) is 0.821. The number of carbonyl (C=O) groups excluding carboxylic acids is 1. The van der Waals surface area contributed by atoms with Crippen molar-refractivity contribution in [2.24, 2.45) is 7.05 Å². The highest BCUT2D eigenvalue weighted by Gasteiger charge is 2.12. The van der Waals surface area contributed by atoms with Crippen molar-refractivity contribution in [3.8, 4) is 0 Å². The van der Waals surface area contributed by atoms with Gasteiger partial charge < -0.3 is 15.0 Å². The molecule has 0 fully saturated rings. The Kier molecular flexibility index (Phi) is 5.03. The van der Waals surface area contributed by atoms with Gasteiger partial charge in [-0.1, -0.05) is 11.8 Å². The molecule has 0 saturated heterocycles. The number of amides is 1. The fourth-order valence-corrected chi connectivity index (χ4v) is 2.61. The van der Waals surface area contributed by atoms with Crippen LogP contribution in [0.15, 0.2) is 23.6 Å². The molecule has 0 aliphatic rings. The number of nitrogens with one attached hydrogen (secondary N) is 1. The number of anilines is 1. The molecular formula is C13H19N5O2S. The molecule has 0 aliphatic heterocycles. The first-order valence-corrected chi connectivity index (χ1v) is 7.59. The predicted molar refractivity (Wildman–Crippen MR) is 81.1 cm³/mol. The standard InChI is InChI=1S/C13H19N5O2S/c1-9(2)18-11(4-5-15-18)16-12(20)8-21-13-14-6-10(7-19)17(13)3/h4-6,9,19H,7-8H2,1-3H3,(H,16,20). The van der Waals surface area contributed by atoms with Crippen LogP contribution < -0.4 is 5.32 Å². The number of thioether (sulfide) groups is 1. The Hall–Kier alpha value is -1.80. The van der Waals surface area contributed by atoms with Gasteiger partial charge in [-0.25, -0.2) is 9.67 Å². The molecule has 0 spiro atoms. The van der Waals surface area contributed by atoms with Gasteiger partial charge in [-0.3, -0.25) is 4.79 Å². The van der Waals surface area contributed by atoms with Crippen molar-refractivity contribution in [1.29, 1.82) is 0 Å². The molecule has 114 valence electrons. The van der Waals surface area contributed by atoms with Crippen molar-refractivity contribution < 1.29 is 9.90 Å². The van der Waals surface area contributed by atoms with Gasteiger partial charge in [0.1, 0.15) is 5.82 Å². The molecule has 0 saturated carbocycles. The van der Waals surface area contributed by atoms with Crippen LogP contribution in [-0.4, -0.2) is 36.1 Å². The number of nitrogens with zero attached hydrogens (tertiary/aromatic N) is 4. The van der Waals surface area contributed by atoms with Crippen molar-refractivity contribution in [3.05, 3.63) is 24.2 Å². The lowest BCUT2D eigenvalue weighted by atomic mass is 10.4. The van der Waals surface area contributed by atoms with E-state index in [9.17, 15) is 4.79 Å². The van der Waals surface area contributed by atoms with E-state index in [-0.39, 0.29) is 24.3 Å². The first-order chi connectivity index (χ1) is 10.0. The van der Waals surface area contributed by atoms with Crippen LogP contribution in [0.5, 0.6) is 0 Å². The first kappa shape index (κ1) is 15.6. The second kappa shape index (κ2) is 6.77. The number of aromatic nitrogens is 4. The molecule has 0 radical (unpaired) electrons. The van der Waals surface area contributed by atoms with E-state index in [2.05, 4.69) is 15.4 Å². The van der Waals surface area contributed by atoms with Gasteiger partial charge in [-0.2, -0.15) is 5.10 Å². The molecule has 8 heteroatoms. The van der Waals surface area contributed by atoms with Crippen LogP contribution in [0, 0.1) is 0 Å². The van der Waals surface area contributed by atoms with Gasteiger partial charge in [-0.15, -0.1) is 0 Å². The van der Waals surface area contributed by atoms with Crippen LogP contribution in [0.1, 0.15) is 25.6 Å². The minimum absolute atomic E-state index is 0.0656. The summed E-state index contributed by atoms with van der Waals surface area (Å²) in [6, 6.07) is 1.96. The summed E-state index contributed by atoms with van der Waals surface area (Å²) in [7, 11) is 1.81. The third-order valence-corrected chi connectivity index (χ3v) is 4.01. The zero-order valence-corrected chi connectivity index (χ0v) is 13.1. The highest BCUT2D eigenvalue weighted by molar-refractivity contribution is 7.99. The number of rotatable bonds is 6. The minimum Gasteiger partial charge on any atom is -0.390 e. The summed E-state index contributed by atoms with van der Waals surface area (Å²) in [5, 5.41) is 16.8. The van der Waals surface area contributed by atoms with Gasteiger partial charge in [0, 0.05) is 19.2 Å². The smallest absolute Gasteiger partial charge is 0.235 e. The average molecular weight is 309 g/mol. The summed E-state index contributed by atoms with van der Waals surface area (Å²) in [6.45, 7) is 3.94. The highest BCUT2D eigenvalue weighted by atomic mass is 32.2. The zero-order chi connectivity index (χ0) is 15.4. The van der Waals surface area contributed by atoms with E-state index in [1.165, 1.54) is 11.8 Å². The SMILES string of the molecule is CC(C)n1nccc1NC(=O)CSc1ncc(CO)n1C. The zero-order valence-electron chi connectivity index (χ0n) is 12.3. The van der Waals surface area contributed by atoms with E-state index in [1.54, 1.807) is 27.7 Å². The van der Waals surface area contributed by atoms with Gasteiger partial charge in [0.2, 0.25) is 5.91 Å². The molecule has 0 unspecified atom stereocenters. The maximum absolute atomic E-state index is 12.0. The molecule has 0 aliphatic carbocycles. The van der Waals surface area contributed by atoms with Crippen molar-refractivity contribution >= 4 is 23.5 Å². The molecule has 0 atom stereocenters. The maximum atomic E-state index is 12.0. The molecule has 21 heavy (non-hydrogen) atoms. The van der Waals surface area contributed by atoms with Crippen molar-refractivity contribution in [2.75, 3.05) is 11.1 Å². The Balaban J connectivity index is 1.93. The second-order valence-corrected chi connectivity index (χ2v) is 5.78. The third kappa shape index (κ3) is 3.64. The van der Waals surface area contributed by atoms with E-state index in [4.69, 9.17) is 5.11 Å². The Morgan fingerprint density at radius 3 is 2.90 bits per heavy atom. The Bertz CT molecular complexity index is 620. The summed E-state index contributed by atoms with van der Waals surface area (Å²) < 4.78 is 3.53. The normalized spacial score (nSPS) is 11.1. The average Bonchev–Trinajstić information content (AvgIpc) is 3.03. The molecule has 2 aromatic rings. The summed E-state index contributed by atoms with van der Waals surface area (Å²) in [5.41, 5.74) is 0.718. The Morgan fingerprint density at radius 1 is 1.52 bits per heavy atom. The lowest BCUT2D eigenvalue weighted by molar-refractivity contribution is -0.113. The van der Waals surface area contributed by atoms with E-state index in [0.717, 1.165) is 5.69 Å². The fourth-order valence-electron chi connectivity index (χ4n) is 1.84. The summed E-state index contributed by atoms with van der Waals surface area (Å²) in [4.78, 5) is 16.2. The van der Waals surface area contributed by atoms with Gasteiger partial charge >= 0.3 is 0 Å². The molecule has 2 rings (SSSR count). The van der Waals surface area contributed by atoms with Crippen LogP contribution >= 0.6 is 11.8 Å². The molecule has 0 bridgehead atoms. The quantitative estimate of drug-likeness (QED) is 0.788. The minimum atomic E-state index is -0.115. The monoisotopic (exact) mass is 309 g/mol. The predicted octanol–water partition coefficient (Wildman–Crippen LogP) is 1.42. The Morgan fingerprint density at radius 2 is 2.29 bits per heavy atom. The number of imidazole rings is 1. The summed E-state index contributed by atoms with van der Waals surface area (Å²) >= 11 is 1.33. The van der Waals surface area contributed by atoms with E-state index < -0.39 is 0 Å². The molecule has 2 N–H and O–H groups in total. The van der Waals surface area contributed by atoms with Gasteiger partial charge in [0.15, 0.2) is 5.16 Å². The van der Waals surface area contributed by atoms with Crippen molar-refractivity contribution in [2.45, 2.75) is 31.7 Å². The van der Waals surface area contributed by atoms with Crippen LogP contribution in [0.3, 0.4) is 0 Å². The topological polar surface area (TPSA) is 85.0 Å². The van der Waals surface area contributed by atoms with Crippen LogP contribution in [0.2, 0.25) is 0 Å². The molecule has 2 aromatic heterocycles. The van der Waals surface area contributed by atoms with Crippen molar-refractivity contribution in [1.82, 2.24) is 19.3 Å². The molecular weight excluding hydrogens is 290 g/mol. The van der Waals surface area contributed by atoms with E-state index in [1.807, 2.05) is 20.9 Å². The lowest BCUT2D eigenvalue weighted by Crippen LogP contribution is -2.18. The molecule has 2 heterocycles. The van der Waals surface area contributed by atoms with E-state index >= 15 is 0 Å².